The molecule has 2 heterocycles. The Hall–Kier alpha value is -1.41. The molecule has 2 aliphatic rings. The Labute approximate surface area is 133 Å². The maximum Gasteiger partial charge on any atom is 0.220 e. The largest absolute Gasteiger partial charge is 0.356 e. The summed E-state index contributed by atoms with van der Waals surface area (Å²) in [4.78, 5) is 14.5. The first-order valence-electron chi connectivity index (χ1n) is 8.43. The third kappa shape index (κ3) is 5.10. The summed E-state index contributed by atoms with van der Waals surface area (Å²) in [7, 11) is 0. The fraction of sp³-hybridized carbons (Fsp3) is 0.824. The molecule has 122 valence electrons. The number of likely N-dealkylation sites (tertiary alicyclic amines) is 1. The first-order chi connectivity index (χ1) is 10.5. The molecule has 0 aliphatic carbocycles. The third-order valence-electron chi connectivity index (χ3n) is 4.67. The van der Waals surface area contributed by atoms with Crippen molar-refractivity contribution in [2.24, 2.45) is 16.1 Å². The van der Waals surface area contributed by atoms with E-state index in [9.17, 15) is 4.79 Å². The zero-order chi connectivity index (χ0) is 16.0. The third-order valence-corrected chi connectivity index (χ3v) is 4.67. The molecule has 2 rings (SSSR count). The molecule has 1 unspecified atom stereocenters. The Bertz CT molecular complexity index is 446. The van der Waals surface area contributed by atoms with Gasteiger partial charge in [-0.3, -0.25) is 4.79 Å². The second kappa shape index (κ2) is 7.73. The van der Waals surface area contributed by atoms with E-state index in [1.165, 1.54) is 19.4 Å². The maximum atomic E-state index is 12.0. The highest BCUT2D eigenvalue weighted by Gasteiger charge is 2.39. The normalized spacial score (nSPS) is 23.3. The number of piperidine rings is 1. The van der Waals surface area contributed by atoms with Gasteiger partial charge in [0.2, 0.25) is 5.91 Å². The van der Waals surface area contributed by atoms with Crippen molar-refractivity contribution in [2.45, 2.75) is 64.1 Å². The Morgan fingerprint density at radius 2 is 2.23 bits per heavy atom. The monoisotopic (exact) mass is 304 g/mol. The van der Waals surface area contributed by atoms with E-state index in [0.29, 0.717) is 31.2 Å². The molecule has 0 aromatic rings. The lowest BCUT2D eigenvalue weighted by Crippen LogP contribution is -2.43. The molecule has 0 aromatic carbocycles. The molecule has 0 bridgehead atoms. The van der Waals surface area contributed by atoms with Gasteiger partial charge >= 0.3 is 0 Å². The molecular weight excluding hydrogens is 276 g/mol. The van der Waals surface area contributed by atoms with Gasteiger partial charge in [0, 0.05) is 44.8 Å². The summed E-state index contributed by atoms with van der Waals surface area (Å²) in [5.74, 6) is 3.29. The van der Waals surface area contributed by atoms with E-state index >= 15 is 0 Å². The standard InChI is InChI=1S/C17H28N4O/c1-4-5-9-17(19-20-17)10-8-16(22)18-12-15-7-6-11-21(13-15)14(2)3/h1,14-15H,5-13H2,2-3H3,(H,18,22). The first kappa shape index (κ1) is 17.0. The fourth-order valence-electron chi connectivity index (χ4n) is 3.06. The number of rotatable bonds is 8. The van der Waals surface area contributed by atoms with Crippen molar-refractivity contribution in [1.82, 2.24) is 10.2 Å². The first-order valence-corrected chi connectivity index (χ1v) is 8.43. The molecule has 1 N–H and O–H groups in total. The Morgan fingerprint density at radius 3 is 2.86 bits per heavy atom. The molecule has 5 nitrogen and oxygen atoms in total. The number of carbonyl (C=O) groups is 1. The molecular formula is C17H28N4O. The zero-order valence-electron chi connectivity index (χ0n) is 13.8. The quantitative estimate of drug-likeness (QED) is 0.701. The van der Waals surface area contributed by atoms with Crippen molar-refractivity contribution in [3.05, 3.63) is 0 Å². The van der Waals surface area contributed by atoms with Gasteiger partial charge in [-0.2, -0.15) is 10.2 Å². The molecule has 0 radical (unpaired) electrons. The van der Waals surface area contributed by atoms with Crippen LogP contribution in [0.15, 0.2) is 10.2 Å². The molecule has 0 saturated carbocycles. The number of hydrogen-bond donors (Lipinski definition) is 1. The van der Waals surface area contributed by atoms with Crippen LogP contribution in [0, 0.1) is 18.3 Å². The average molecular weight is 304 g/mol. The van der Waals surface area contributed by atoms with Crippen molar-refractivity contribution in [3.8, 4) is 12.3 Å². The minimum Gasteiger partial charge on any atom is -0.356 e. The number of amides is 1. The lowest BCUT2D eigenvalue weighted by atomic mass is 9.96. The van der Waals surface area contributed by atoms with Gasteiger partial charge in [0.05, 0.1) is 0 Å². The lowest BCUT2D eigenvalue weighted by molar-refractivity contribution is -0.121. The van der Waals surface area contributed by atoms with Crippen LogP contribution in [0.3, 0.4) is 0 Å². The highest BCUT2D eigenvalue weighted by molar-refractivity contribution is 5.76. The van der Waals surface area contributed by atoms with Crippen molar-refractivity contribution in [1.29, 1.82) is 0 Å². The summed E-state index contributed by atoms with van der Waals surface area (Å²) in [6.45, 7) is 7.53. The summed E-state index contributed by atoms with van der Waals surface area (Å²) in [6, 6.07) is 0.590. The van der Waals surface area contributed by atoms with Gasteiger partial charge < -0.3 is 10.2 Å². The molecule has 1 atom stereocenters. The van der Waals surface area contributed by atoms with E-state index in [1.807, 2.05) is 0 Å². The highest BCUT2D eigenvalue weighted by atomic mass is 16.1. The van der Waals surface area contributed by atoms with E-state index in [0.717, 1.165) is 19.5 Å². The predicted molar refractivity (Wildman–Crippen MR) is 87.3 cm³/mol. The number of hydrogen-bond acceptors (Lipinski definition) is 4. The van der Waals surface area contributed by atoms with Crippen LogP contribution >= 0.6 is 0 Å². The van der Waals surface area contributed by atoms with Crippen LogP contribution < -0.4 is 5.32 Å². The van der Waals surface area contributed by atoms with Crippen molar-refractivity contribution < 1.29 is 4.79 Å². The van der Waals surface area contributed by atoms with Crippen molar-refractivity contribution >= 4 is 5.91 Å². The van der Waals surface area contributed by atoms with Gasteiger partial charge in [-0.05, 0) is 39.2 Å². The number of carbonyl (C=O) groups excluding carboxylic acids is 1. The number of nitrogens with zero attached hydrogens (tertiary/aromatic N) is 3. The Kier molecular flexibility index (Phi) is 5.96. The van der Waals surface area contributed by atoms with Gasteiger partial charge in [0.25, 0.3) is 0 Å². The van der Waals surface area contributed by atoms with Crippen LogP contribution in [0.25, 0.3) is 0 Å². The predicted octanol–water partition coefficient (Wildman–Crippen LogP) is 2.58. The van der Waals surface area contributed by atoms with Gasteiger partial charge in [0.1, 0.15) is 0 Å². The van der Waals surface area contributed by atoms with Crippen molar-refractivity contribution in [3.63, 3.8) is 0 Å². The van der Waals surface area contributed by atoms with Gasteiger partial charge in [-0.15, -0.1) is 12.3 Å². The Balaban J connectivity index is 1.63. The van der Waals surface area contributed by atoms with E-state index in [2.05, 4.69) is 40.2 Å². The summed E-state index contributed by atoms with van der Waals surface area (Å²) in [6.07, 6.45) is 10.3. The van der Waals surface area contributed by atoms with Gasteiger partial charge in [0.15, 0.2) is 5.66 Å². The second-order valence-corrected chi connectivity index (χ2v) is 6.79. The topological polar surface area (TPSA) is 57.1 Å². The molecule has 0 spiro atoms. The molecule has 0 aromatic heterocycles. The zero-order valence-corrected chi connectivity index (χ0v) is 13.8. The Morgan fingerprint density at radius 1 is 1.45 bits per heavy atom. The van der Waals surface area contributed by atoms with Crippen molar-refractivity contribution in [2.75, 3.05) is 19.6 Å². The van der Waals surface area contributed by atoms with E-state index < -0.39 is 0 Å². The smallest absolute Gasteiger partial charge is 0.220 e. The minimum absolute atomic E-state index is 0.110. The summed E-state index contributed by atoms with van der Waals surface area (Å²) >= 11 is 0. The minimum atomic E-state index is -0.344. The van der Waals surface area contributed by atoms with Crippen LogP contribution in [0.4, 0.5) is 0 Å². The SMILES string of the molecule is C#CCCC1(CCC(=O)NCC2CCCN(C(C)C)C2)N=N1. The van der Waals surface area contributed by atoms with Crippen LogP contribution in [-0.4, -0.2) is 42.1 Å². The summed E-state index contributed by atoms with van der Waals surface area (Å²) in [5.41, 5.74) is -0.344. The fourth-order valence-corrected chi connectivity index (χ4v) is 3.06. The average Bonchev–Trinajstić information content (AvgIpc) is 3.30. The molecule has 1 saturated heterocycles. The number of nitrogens with one attached hydrogen (secondary N) is 1. The summed E-state index contributed by atoms with van der Waals surface area (Å²) in [5, 5.41) is 11.2. The summed E-state index contributed by atoms with van der Waals surface area (Å²) < 4.78 is 0. The molecule has 5 heteroatoms. The number of terminal acetylenes is 1. The highest BCUT2D eigenvalue weighted by Crippen LogP contribution is 2.37. The molecule has 2 aliphatic heterocycles. The van der Waals surface area contributed by atoms with Crippen LogP contribution in [-0.2, 0) is 4.79 Å². The van der Waals surface area contributed by atoms with Crippen LogP contribution in [0.2, 0.25) is 0 Å². The van der Waals surface area contributed by atoms with E-state index in [-0.39, 0.29) is 11.6 Å². The van der Waals surface area contributed by atoms with Crippen LogP contribution in [0.1, 0.15) is 52.4 Å². The molecule has 1 amide bonds. The lowest BCUT2D eigenvalue weighted by Gasteiger charge is -2.35. The second-order valence-electron chi connectivity index (χ2n) is 6.79. The van der Waals surface area contributed by atoms with Gasteiger partial charge in [-0.1, -0.05) is 0 Å². The van der Waals surface area contributed by atoms with Gasteiger partial charge in [-0.25, -0.2) is 0 Å². The molecule has 22 heavy (non-hydrogen) atoms. The molecule has 1 fully saturated rings. The van der Waals surface area contributed by atoms with E-state index in [1.54, 1.807) is 0 Å². The van der Waals surface area contributed by atoms with E-state index in [4.69, 9.17) is 6.42 Å². The maximum absolute atomic E-state index is 12.0. The van der Waals surface area contributed by atoms with Crippen LogP contribution in [0.5, 0.6) is 0 Å².